The molecule has 5 heteroatoms. The van der Waals surface area contributed by atoms with E-state index in [4.69, 9.17) is 4.74 Å². The lowest BCUT2D eigenvalue weighted by atomic mass is 10.4. The molecule has 0 unspecified atom stereocenters. The second-order valence-corrected chi connectivity index (χ2v) is 4.13. The number of likely N-dealkylation sites (N-methyl/N-ethyl adjacent to an activating group) is 1. The average Bonchev–Trinajstić information content (AvgIpc) is 2.99. The van der Waals surface area contributed by atoms with Gasteiger partial charge in [0.1, 0.15) is 0 Å². The van der Waals surface area contributed by atoms with Gasteiger partial charge in [0, 0.05) is 12.6 Å². The summed E-state index contributed by atoms with van der Waals surface area (Å²) in [7, 11) is 1.83. The van der Waals surface area contributed by atoms with E-state index in [1.165, 1.54) is 0 Å². The molecule has 1 saturated carbocycles. The minimum atomic E-state index is -0.211. The minimum absolute atomic E-state index is 0.0360. The zero-order chi connectivity index (χ0) is 12.0. The van der Waals surface area contributed by atoms with E-state index in [0.29, 0.717) is 32.2 Å². The second-order valence-electron chi connectivity index (χ2n) is 4.13. The number of hydrogen-bond acceptors (Lipinski definition) is 4. The van der Waals surface area contributed by atoms with Crippen molar-refractivity contribution < 1.29 is 14.3 Å². The van der Waals surface area contributed by atoms with E-state index in [1.807, 2.05) is 11.9 Å². The molecule has 0 radical (unpaired) electrons. The predicted octanol–water partition coefficient (Wildman–Crippen LogP) is 0.150. The Balaban J connectivity index is 2.06. The van der Waals surface area contributed by atoms with Crippen LogP contribution in [0.3, 0.4) is 0 Å². The molecule has 1 aliphatic rings. The molecule has 1 rings (SSSR count). The Labute approximate surface area is 96.1 Å². The minimum Gasteiger partial charge on any atom is -0.466 e. The smallest absolute Gasteiger partial charge is 0.307 e. The van der Waals surface area contributed by atoms with Crippen LogP contribution in [0.25, 0.3) is 0 Å². The van der Waals surface area contributed by atoms with Gasteiger partial charge in [-0.25, -0.2) is 0 Å². The van der Waals surface area contributed by atoms with E-state index in [0.717, 1.165) is 12.8 Å². The van der Waals surface area contributed by atoms with Crippen molar-refractivity contribution in [3.05, 3.63) is 0 Å². The monoisotopic (exact) mass is 228 g/mol. The first kappa shape index (κ1) is 13.0. The van der Waals surface area contributed by atoms with Crippen molar-refractivity contribution in [3.63, 3.8) is 0 Å². The Hall–Kier alpha value is -1.10. The summed E-state index contributed by atoms with van der Waals surface area (Å²) in [6.07, 6.45) is 2.53. The summed E-state index contributed by atoms with van der Waals surface area (Å²) >= 11 is 0. The maximum absolute atomic E-state index is 11.4. The summed E-state index contributed by atoms with van der Waals surface area (Å²) in [6.45, 7) is 3.09. The lowest BCUT2D eigenvalue weighted by Crippen LogP contribution is -2.37. The van der Waals surface area contributed by atoms with Crippen molar-refractivity contribution in [1.29, 1.82) is 0 Å². The zero-order valence-electron chi connectivity index (χ0n) is 9.99. The van der Waals surface area contributed by atoms with Crippen molar-refractivity contribution >= 4 is 11.9 Å². The number of ether oxygens (including phenoxy) is 1. The van der Waals surface area contributed by atoms with E-state index in [1.54, 1.807) is 6.92 Å². The van der Waals surface area contributed by atoms with Crippen LogP contribution in [0.1, 0.15) is 26.2 Å². The van der Waals surface area contributed by atoms with E-state index >= 15 is 0 Å². The highest BCUT2D eigenvalue weighted by atomic mass is 16.5. The van der Waals surface area contributed by atoms with Crippen molar-refractivity contribution in [2.75, 3.05) is 26.7 Å². The third-order valence-electron chi connectivity index (χ3n) is 2.36. The fourth-order valence-corrected chi connectivity index (χ4v) is 1.34. The Morgan fingerprint density at radius 2 is 2.12 bits per heavy atom. The molecule has 0 aromatic carbocycles. The molecular formula is C11H20N2O3. The van der Waals surface area contributed by atoms with Crippen LogP contribution in [-0.4, -0.2) is 49.6 Å². The van der Waals surface area contributed by atoms with E-state index in [9.17, 15) is 9.59 Å². The summed E-state index contributed by atoms with van der Waals surface area (Å²) in [5.41, 5.74) is 0. The zero-order valence-corrected chi connectivity index (χ0v) is 9.99. The first-order valence-corrected chi connectivity index (χ1v) is 5.75. The molecule has 0 aromatic rings. The van der Waals surface area contributed by atoms with Gasteiger partial charge in [0.05, 0.1) is 19.6 Å². The van der Waals surface area contributed by atoms with Gasteiger partial charge >= 0.3 is 5.97 Å². The number of hydrogen-bond donors (Lipinski definition) is 1. The molecule has 0 aliphatic heterocycles. The summed E-state index contributed by atoms with van der Waals surface area (Å²) in [5, 5.41) is 2.90. The number of esters is 1. The van der Waals surface area contributed by atoms with Gasteiger partial charge < -0.3 is 10.1 Å². The number of carbonyl (C=O) groups is 2. The Morgan fingerprint density at radius 3 is 2.69 bits per heavy atom. The number of rotatable bonds is 7. The predicted molar refractivity (Wildman–Crippen MR) is 59.9 cm³/mol. The molecule has 0 saturated heterocycles. The summed E-state index contributed by atoms with van der Waals surface area (Å²) in [4.78, 5) is 24.3. The van der Waals surface area contributed by atoms with E-state index in [2.05, 4.69) is 5.32 Å². The van der Waals surface area contributed by atoms with Gasteiger partial charge in [-0.2, -0.15) is 0 Å². The summed E-state index contributed by atoms with van der Waals surface area (Å²) < 4.78 is 4.81. The van der Waals surface area contributed by atoms with Gasteiger partial charge in [0.2, 0.25) is 5.91 Å². The number of amides is 1. The van der Waals surface area contributed by atoms with Gasteiger partial charge in [-0.05, 0) is 26.8 Å². The molecule has 1 N–H and O–H groups in total. The van der Waals surface area contributed by atoms with Crippen LogP contribution in [0.2, 0.25) is 0 Å². The van der Waals surface area contributed by atoms with E-state index < -0.39 is 0 Å². The molecule has 0 aromatic heterocycles. The maximum atomic E-state index is 11.4. The van der Waals surface area contributed by atoms with Crippen molar-refractivity contribution in [1.82, 2.24) is 10.2 Å². The number of nitrogens with one attached hydrogen (secondary N) is 1. The summed E-state index contributed by atoms with van der Waals surface area (Å²) in [6, 6.07) is 0.394. The van der Waals surface area contributed by atoms with Crippen LogP contribution in [0.4, 0.5) is 0 Å². The molecule has 0 spiro atoms. The molecule has 1 amide bonds. The highest BCUT2D eigenvalue weighted by Crippen LogP contribution is 2.18. The third kappa shape index (κ3) is 5.70. The van der Waals surface area contributed by atoms with Crippen LogP contribution >= 0.6 is 0 Å². The molecule has 92 valence electrons. The molecule has 0 atom stereocenters. The lowest BCUT2D eigenvalue weighted by molar-refractivity contribution is -0.143. The van der Waals surface area contributed by atoms with E-state index in [-0.39, 0.29) is 11.9 Å². The molecular weight excluding hydrogens is 208 g/mol. The van der Waals surface area contributed by atoms with Crippen LogP contribution < -0.4 is 5.32 Å². The van der Waals surface area contributed by atoms with Gasteiger partial charge in [0.25, 0.3) is 0 Å². The van der Waals surface area contributed by atoms with Gasteiger partial charge in [-0.3, -0.25) is 14.5 Å². The quantitative estimate of drug-likeness (QED) is 0.630. The normalized spacial score (nSPS) is 14.9. The largest absolute Gasteiger partial charge is 0.466 e. The van der Waals surface area contributed by atoms with Gasteiger partial charge in [0.15, 0.2) is 0 Å². The highest BCUT2D eigenvalue weighted by Gasteiger charge is 2.23. The SMILES string of the molecule is CCOC(=O)CCN(C)CC(=O)NC1CC1. The highest BCUT2D eigenvalue weighted by molar-refractivity contribution is 5.78. The summed E-state index contributed by atoms with van der Waals surface area (Å²) in [5.74, 6) is -0.175. The molecule has 0 heterocycles. The lowest BCUT2D eigenvalue weighted by Gasteiger charge is -2.15. The standard InChI is InChI=1S/C11H20N2O3/c1-3-16-11(15)6-7-13(2)8-10(14)12-9-4-5-9/h9H,3-8H2,1-2H3,(H,12,14). The third-order valence-corrected chi connectivity index (χ3v) is 2.36. The molecule has 0 bridgehead atoms. The van der Waals surface area contributed by atoms with Crippen LogP contribution in [0.5, 0.6) is 0 Å². The molecule has 1 fully saturated rings. The first-order chi connectivity index (χ1) is 7.61. The Bertz CT molecular complexity index is 252. The maximum Gasteiger partial charge on any atom is 0.307 e. The van der Waals surface area contributed by atoms with Crippen LogP contribution in [0, 0.1) is 0 Å². The van der Waals surface area contributed by atoms with Gasteiger partial charge in [-0.15, -0.1) is 0 Å². The van der Waals surface area contributed by atoms with Crippen molar-refractivity contribution in [3.8, 4) is 0 Å². The second kappa shape index (κ2) is 6.48. The van der Waals surface area contributed by atoms with Crippen molar-refractivity contribution in [2.45, 2.75) is 32.2 Å². The van der Waals surface area contributed by atoms with Crippen LogP contribution in [-0.2, 0) is 14.3 Å². The molecule has 16 heavy (non-hydrogen) atoms. The molecule has 1 aliphatic carbocycles. The number of nitrogens with zero attached hydrogens (tertiary/aromatic N) is 1. The van der Waals surface area contributed by atoms with Crippen LogP contribution in [0.15, 0.2) is 0 Å². The van der Waals surface area contributed by atoms with Crippen molar-refractivity contribution in [2.24, 2.45) is 0 Å². The molecule has 5 nitrogen and oxygen atoms in total. The Morgan fingerprint density at radius 1 is 1.44 bits per heavy atom. The number of carbonyl (C=O) groups excluding carboxylic acids is 2. The fourth-order valence-electron chi connectivity index (χ4n) is 1.34. The van der Waals surface area contributed by atoms with Gasteiger partial charge in [-0.1, -0.05) is 0 Å². The average molecular weight is 228 g/mol. The topological polar surface area (TPSA) is 58.6 Å². The fraction of sp³-hybridized carbons (Fsp3) is 0.818. The first-order valence-electron chi connectivity index (χ1n) is 5.75. The Kier molecular flexibility index (Phi) is 5.25.